The summed E-state index contributed by atoms with van der Waals surface area (Å²) in [7, 11) is 0. The van der Waals surface area contributed by atoms with Gasteiger partial charge in [0.05, 0.1) is 6.10 Å². The van der Waals surface area contributed by atoms with Crippen molar-refractivity contribution in [1.82, 2.24) is 0 Å². The van der Waals surface area contributed by atoms with Gasteiger partial charge in [0.2, 0.25) is 0 Å². The molecule has 1 heteroatoms. The molecular formula is C10H21O. The van der Waals surface area contributed by atoms with E-state index in [4.69, 9.17) is 4.74 Å². The molecule has 0 rings (SSSR count). The van der Waals surface area contributed by atoms with Crippen molar-refractivity contribution in [1.29, 1.82) is 0 Å². The highest BCUT2D eigenvalue weighted by Gasteiger charge is 1.98. The Bertz CT molecular complexity index is 71.3. The molecule has 0 amide bonds. The summed E-state index contributed by atoms with van der Waals surface area (Å²) >= 11 is 0. The van der Waals surface area contributed by atoms with E-state index in [2.05, 4.69) is 13.8 Å². The van der Waals surface area contributed by atoms with Crippen LogP contribution in [0.5, 0.6) is 0 Å². The zero-order valence-electron chi connectivity index (χ0n) is 7.94. The van der Waals surface area contributed by atoms with Crippen molar-refractivity contribution >= 4 is 0 Å². The number of ether oxygens (including phenoxy) is 1. The predicted molar refractivity (Wildman–Crippen MR) is 49.5 cm³/mol. The molecule has 0 aliphatic heterocycles. The second-order valence-corrected chi connectivity index (χ2v) is 2.93. The van der Waals surface area contributed by atoms with Crippen molar-refractivity contribution in [2.24, 2.45) is 0 Å². The van der Waals surface area contributed by atoms with Gasteiger partial charge < -0.3 is 4.74 Å². The van der Waals surface area contributed by atoms with Gasteiger partial charge in [-0.3, -0.25) is 0 Å². The fraction of sp³-hybridized carbons (Fsp3) is 0.900. The quantitative estimate of drug-likeness (QED) is 0.516. The Balaban J connectivity index is 2.97. The SMILES string of the molecule is [CH2]C(CCCCCC)OCC. The van der Waals surface area contributed by atoms with Crippen LogP contribution in [-0.4, -0.2) is 12.7 Å². The van der Waals surface area contributed by atoms with E-state index in [1.54, 1.807) is 0 Å². The van der Waals surface area contributed by atoms with Gasteiger partial charge in [0.15, 0.2) is 0 Å². The summed E-state index contributed by atoms with van der Waals surface area (Å²) in [5.74, 6) is 0. The molecule has 0 bridgehead atoms. The van der Waals surface area contributed by atoms with Crippen LogP contribution in [0.1, 0.15) is 46.0 Å². The molecule has 1 radical (unpaired) electrons. The van der Waals surface area contributed by atoms with Crippen LogP contribution >= 0.6 is 0 Å². The molecule has 0 spiro atoms. The predicted octanol–water partition coefficient (Wildman–Crippen LogP) is 3.20. The number of hydrogen-bond donors (Lipinski definition) is 0. The Morgan fingerprint density at radius 3 is 2.45 bits per heavy atom. The number of hydrogen-bond acceptors (Lipinski definition) is 1. The Hall–Kier alpha value is -0.0400. The van der Waals surface area contributed by atoms with Crippen LogP contribution in [0, 0.1) is 6.92 Å². The zero-order valence-corrected chi connectivity index (χ0v) is 7.94. The lowest BCUT2D eigenvalue weighted by Gasteiger charge is -2.09. The molecule has 11 heavy (non-hydrogen) atoms. The lowest BCUT2D eigenvalue weighted by atomic mass is 10.1. The minimum Gasteiger partial charge on any atom is -0.379 e. The van der Waals surface area contributed by atoms with Gasteiger partial charge in [-0.05, 0) is 20.3 Å². The smallest absolute Gasteiger partial charge is 0.0576 e. The Morgan fingerprint density at radius 2 is 1.91 bits per heavy atom. The summed E-state index contributed by atoms with van der Waals surface area (Å²) in [6.07, 6.45) is 6.58. The van der Waals surface area contributed by atoms with Gasteiger partial charge in [-0.15, -0.1) is 0 Å². The van der Waals surface area contributed by atoms with Crippen LogP contribution in [0.4, 0.5) is 0 Å². The maximum Gasteiger partial charge on any atom is 0.0576 e. The van der Waals surface area contributed by atoms with E-state index in [-0.39, 0.29) is 6.10 Å². The molecule has 1 nitrogen and oxygen atoms in total. The molecule has 0 aliphatic rings. The van der Waals surface area contributed by atoms with Crippen molar-refractivity contribution in [2.45, 2.75) is 52.1 Å². The molecule has 0 heterocycles. The lowest BCUT2D eigenvalue weighted by Crippen LogP contribution is -2.07. The van der Waals surface area contributed by atoms with Gasteiger partial charge in [-0.25, -0.2) is 0 Å². The van der Waals surface area contributed by atoms with E-state index in [0.29, 0.717) is 0 Å². The minimum atomic E-state index is 0.219. The first-order chi connectivity index (χ1) is 5.31. The molecule has 0 aromatic heterocycles. The Labute approximate surface area is 71.1 Å². The molecule has 0 saturated heterocycles. The second kappa shape index (κ2) is 8.06. The average molecular weight is 157 g/mol. The average Bonchev–Trinajstić information content (AvgIpc) is 1.99. The normalized spacial score (nSPS) is 13.4. The van der Waals surface area contributed by atoms with Gasteiger partial charge in [0.25, 0.3) is 0 Å². The van der Waals surface area contributed by atoms with Gasteiger partial charge in [0.1, 0.15) is 0 Å². The third-order valence-electron chi connectivity index (χ3n) is 1.78. The highest BCUT2D eigenvalue weighted by atomic mass is 16.5. The summed E-state index contributed by atoms with van der Waals surface area (Å²) in [4.78, 5) is 0. The van der Waals surface area contributed by atoms with Crippen LogP contribution in [0.15, 0.2) is 0 Å². The van der Waals surface area contributed by atoms with Crippen molar-refractivity contribution in [3.8, 4) is 0 Å². The maximum absolute atomic E-state index is 5.31. The van der Waals surface area contributed by atoms with E-state index < -0.39 is 0 Å². The van der Waals surface area contributed by atoms with E-state index >= 15 is 0 Å². The molecular weight excluding hydrogens is 136 g/mol. The fourth-order valence-corrected chi connectivity index (χ4v) is 1.12. The van der Waals surface area contributed by atoms with E-state index in [0.717, 1.165) is 13.0 Å². The molecule has 0 N–H and O–H groups in total. The van der Waals surface area contributed by atoms with Crippen molar-refractivity contribution in [2.75, 3.05) is 6.61 Å². The first-order valence-corrected chi connectivity index (χ1v) is 4.76. The standard InChI is InChI=1S/C10H21O/c1-4-6-7-8-9-10(3)11-5-2/h10H,3-9H2,1-2H3. The van der Waals surface area contributed by atoms with Crippen LogP contribution in [0.3, 0.4) is 0 Å². The topological polar surface area (TPSA) is 9.23 Å². The lowest BCUT2D eigenvalue weighted by molar-refractivity contribution is 0.0864. The third-order valence-corrected chi connectivity index (χ3v) is 1.78. The Morgan fingerprint density at radius 1 is 1.18 bits per heavy atom. The second-order valence-electron chi connectivity index (χ2n) is 2.93. The summed E-state index contributed by atoms with van der Waals surface area (Å²) in [5.41, 5.74) is 0. The Kier molecular flexibility index (Phi) is 8.03. The van der Waals surface area contributed by atoms with E-state index in [1.165, 1.54) is 25.7 Å². The molecule has 1 unspecified atom stereocenters. The van der Waals surface area contributed by atoms with E-state index in [9.17, 15) is 0 Å². The van der Waals surface area contributed by atoms with Gasteiger partial charge in [0, 0.05) is 6.61 Å². The van der Waals surface area contributed by atoms with Gasteiger partial charge in [-0.2, -0.15) is 0 Å². The van der Waals surface area contributed by atoms with Crippen LogP contribution in [0.2, 0.25) is 0 Å². The summed E-state index contributed by atoms with van der Waals surface area (Å²) in [6, 6.07) is 0. The van der Waals surface area contributed by atoms with E-state index in [1.807, 2.05) is 6.92 Å². The third kappa shape index (κ3) is 7.86. The van der Waals surface area contributed by atoms with Crippen molar-refractivity contribution in [3.63, 3.8) is 0 Å². The highest BCUT2D eigenvalue weighted by Crippen LogP contribution is 2.06. The molecule has 1 atom stereocenters. The van der Waals surface area contributed by atoms with Crippen molar-refractivity contribution < 1.29 is 4.74 Å². The first kappa shape index (κ1) is 11.0. The summed E-state index contributed by atoms with van der Waals surface area (Å²) in [6.45, 7) is 8.94. The number of unbranched alkanes of at least 4 members (excludes halogenated alkanes) is 3. The summed E-state index contributed by atoms with van der Waals surface area (Å²) in [5, 5.41) is 0. The van der Waals surface area contributed by atoms with Crippen LogP contribution < -0.4 is 0 Å². The molecule has 0 fully saturated rings. The molecule has 0 aliphatic carbocycles. The minimum absolute atomic E-state index is 0.219. The van der Waals surface area contributed by atoms with Crippen LogP contribution in [-0.2, 0) is 4.74 Å². The molecule has 67 valence electrons. The summed E-state index contributed by atoms with van der Waals surface area (Å²) < 4.78 is 5.31. The maximum atomic E-state index is 5.31. The molecule has 0 saturated carbocycles. The highest BCUT2D eigenvalue weighted by molar-refractivity contribution is 4.59. The van der Waals surface area contributed by atoms with Gasteiger partial charge >= 0.3 is 0 Å². The van der Waals surface area contributed by atoms with Crippen LogP contribution in [0.25, 0.3) is 0 Å². The molecule has 0 aromatic carbocycles. The first-order valence-electron chi connectivity index (χ1n) is 4.76. The van der Waals surface area contributed by atoms with Gasteiger partial charge in [-0.1, -0.05) is 32.6 Å². The monoisotopic (exact) mass is 157 g/mol. The zero-order chi connectivity index (χ0) is 8.53. The molecule has 0 aromatic rings. The van der Waals surface area contributed by atoms with Crippen molar-refractivity contribution in [3.05, 3.63) is 6.92 Å². The number of rotatable bonds is 7. The fourth-order valence-electron chi connectivity index (χ4n) is 1.12. The largest absolute Gasteiger partial charge is 0.379 e.